The van der Waals surface area contributed by atoms with Crippen molar-refractivity contribution in [2.45, 2.75) is 12.7 Å². The maximum Gasteiger partial charge on any atom is 0.257 e. The lowest BCUT2D eigenvalue weighted by molar-refractivity contribution is -0.122. The lowest BCUT2D eigenvalue weighted by Crippen LogP contribution is -2.30. The Bertz CT molecular complexity index is 631. The second-order valence-corrected chi connectivity index (χ2v) is 6.62. The molecule has 0 unspecified atom stereocenters. The number of carbonyl (C=O) groups is 1. The van der Waals surface area contributed by atoms with E-state index in [9.17, 15) is 4.79 Å². The first-order valence-corrected chi connectivity index (χ1v) is 8.96. The SMILES string of the molecule is Cc1ccc(CSCCNC(=O)COc2ccccc2Cl)cc1. The van der Waals surface area contributed by atoms with E-state index in [0.29, 0.717) is 17.3 Å². The summed E-state index contributed by atoms with van der Waals surface area (Å²) in [5, 5.41) is 3.35. The van der Waals surface area contributed by atoms with E-state index < -0.39 is 0 Å². The Labute approximate surface area is 146 Å². The van der Waals surface area contributed by atoms with Crippen molar-refractivity contribution in [2.24, 2.45) is 0 Å². The molecule has 0 saturated carbocycles. The van der Waals surface area contributed by atoms with Crippen LogP contribution in [-0.4, -0.2) is 24.8 Å². The Morgan fingerprint density at radius 1 is 1.17 bits per heavy atom. The fourth-order valence-electron chi connectivity index (χ4n) is 1.89. The van der Waals surface area contributed by atoms with Gasteiger partial charge in [0.05, 0.1) is 5.02 Å². The van der Waals surface area contributed by atoms with Gasteiger partial charge in [-0.3, -0.25) is 4.79 Å². The third-order valence-corrected chi connectivity index (χ3v) is 4.50. The molecule has 0 aliphatic carbocycles. The molecule has 0 saturated heterocycles. The normalized spacial score (nSPS) is 10.3. The van der Waals surface area contributed by atoms with Gasteiger partial charge in [-0.25, -0.2) is 0 Å². The van der Waals surface area contributed by atoms with Gasteiger partial charge in [0.25, 0.3) is 5.91 Å². The number of halogens is 1. The molecule has 1 N–H and O–H groups in total. The molecule has 1 amide bonds. The predicted molar refractivity (Wildman–Crippen MR) is 97.3 cm³/mol. The second-order valence-electron chi connectivity index (χ2n) is 5.11. The first-order chi connectivity index (χ1) is 11.1. The standard InChI is InChI=1S/C18H20ClNO2S/c1-14-6-8-15(9-7-14)13-23-11-10-20-18(21)12-22-17-5-3-2-4-16(17)19/h2-9H,10-13H2,1H3,(H,20,21). The van der Waals surface area contributed by atoms with Gasteiger partial charge in [0.15, 0.2) is 6.61 Å². The van der Waals surface area contributed by atoms with Crippen LogP contribution in [0.1, 0.15) is 11.1 Å². The van der Waals surface area contributed by atoms with E-state index in [1.807, 2.05) is 12.1 Å². The number of rotatable bonds is 8. The molecular formula is C18H20ClNO2S. The molecular weight excluding hydrogens is 330 g/mol. The molecule has 0 radical (unpaired) electrons. The first kappa shape index (κ1) is 17.7. The Morgan fingerprint density at radius 3 is 2.65 bits per heavy atom. The zero-order chi connectivity index (χ0) is 16.5. The van der Waals surface area contributed by atoms with E-state index in [1.54, 1.807) is 23.9 Å². The number of hydrogen-bond donors (Lipinski definition) is 1. The van der Waals surface area contributed by atoms with Crippen LogP contribution >= 0.6 is 23.4 Å². The average molecular weight is 350 g/mol. The molecule has 0 aliphatic rings. The lowest BCUT2D eigenvalue weighted by atomic mass is 10.2. The summed E-state index contributed by atoms with van der Waals surface area (Å²) in [5.74, 6) is 2.21. The van der Waals surface area contributed by atoms with E-state index in [4.69, 9.17) is 16.3 Å². The van der Waals surface area contributed by atoms with Crippen molar-refractivity contribution in [2.75, 3.05) is 18.9 Å². The summed E-state index contributed by atoms with van der Waals surface area (Å²) in [6, 6.07) is 15.6. The molecule has 0 aromatic heterocycles. The van der Waals surface area contributed by atoms with Gasteiger partial charge in [-0.1, -0.05) is 53.6 Å². The van der Waals surface area contributed by atoms with E-state index in [2.05, 4.69) is 36.5 Å². The maximum absolute atomic E-state index is 11.7. The molecule has 3 nitrogen and oxygen atoms in total. The molecule has 2 rings (SSSR count). The first-order valence-electron chi connectivity index (χ1n) is 7.42. The summed E-state index contributed by atoms with van der Waals surface area (Å²) in [5.41, 5.74) is 2.57. The molecule has 2 aromatic rings. The van der Waals surface area contributed by atoms with Gasteiger partial charge >= 0.3 is 0 Å². The van der Waals surface area contributed by atoms with Gasteiger partial charge in [0.2, 0.25) is 0 Å². The van der Waals surface area contributed by atoms with Crippen LogP contribution < -0.4 is 10.1 Å². The van der Waals surface area contributed by atoms with Crippen molar-refractivity contribution < 1.29 is 9.53 Å². The van der Waals surface area contributed by atoms with E-state index in [0.717, 1.165) is 11.5 Å². The van der Waals surface area contributed by atoms with Gasteiger partial charge in [-0.05, 0) is 24.6 Å². The highest BCUT2D eigenvalue weighted by Gasteiger charge is 2.04. The summed E-state index contributed by atoms with van der Waals surface area (Å²) < 4.78 is 5.39. The molecule has 0 heterocycles. The number of hydrogen-bond acceptors (Lipinski definition) is 3. The molecule has 23 heavy (non-hydrogen) atoms. The van der Waals surface area contributed by atoms with Crippen LogP contribution in [0.5, 0.6) is 5.75 Å². The topological polar surface area (TPSA) is 38.3 Å². The Balaban J connectivity index is 1.58. The van der Waals surface area contributed by atoms with Crippen LogP contribution in [0, 0.1) is 6.92 Å². The summed E-state index contributed by atoms with van der Waals surface area (Å²) in [6.45, 7) is 2.69. The highest BCUT2D eigenvalue weighted by atomic mass is 35.5. The maximum atomic E-state index is 11.7. The minimum atomic E-state index is -0.138. The Kier molecular flexibility index (Phi) is 7.30. The van der Waals surface area contributed by atoms with Crippen LogP contribution in [-0.2, 0) is 10.5 Å². The zero-order valence-electron chi connectivity index (χ0n) is 13.0. The molecule has 0 bridgehead atoms. The van der Waals surface area contributed by atoms with Crippen molar-refractivity contribution in [3.8, 4) is 5.75 Å². The third-order valence-electron chi connectivity index (χ3n) is 3.15. The number of nitrogens with one attached hydrogen (secondary N) is 1. The molecule has 0 aliphatic heterocycles. The summed E-state index contributed by atoms with van der Waals surface area (Å²) in [4.78, 5) is 11.7. The van der Waals surface area contributed by atoms with Crippen LogP contribution in [0.4, 0.5) is 0 Å². The molecule has 122 valence electrons. The summed E-state index contributed by atoms with van der Waals surface area (Å²) in [6.07, 6.45) is 0. The van der Waals surface area contributed by atoms with Crippen molar-refractivity contribution in [3.05, 3.63) is 64.7 Å². The van der Waals surface area contributed by atoms with Crippen molar-refractivity contribution in [1.29, 1.82) is 0 Å². The van der Waals surface area contributed by atoms with Crippen molar-refractivity contribution in [1.82, 2.24) is 5.32 Å². The molecule has 0 fully saturated rings. The summed E-state index contributed by atoms with van der Waals surface area (Å²) in [7, 11) is 0. The number of aryl methyl sites for hydroxylation is 1. The van der Waals surface area contributed by atoms with E-state index >= 15 is 0 Å². The molecule has 0 atom stereocenters. The van der Waals surface area contributed by atoms with Gasteiger partial charge in [-0.2, -0.15) is 11.8 Å². The predicted octanol–water partition coefficient (Wildman–Crippen LogP) is 4.08. The van der Waals surface area contributed by atoms with Gasteiger partial charge in [0.1, 0.15) is 5.75 Å². The van der Waals surface area contributed by atoms with Crippen LogP contribution in [0.25, 0.3) is 0 Å². The number of thioether (sulfide) groups is 1. The minimum Gasteiger partial charge on any atom is -0.482 e. The number of para-hydroxylation sites is 1. The van der Waals surface area contributed by atoms with Crippen molar-refractivity contribution in [3.63, 3.8) is 0 Å². The van der Waals surface area contributed by atoms with Gasteiger partial charge in [0, 0.05) is 18.1 Å². The lowest BCUT2D eigenvalue weighted by Gasteiger charge is -2.08. The van der Waals surface area contributed by atoms with Crippen LogP contribution in [0.2, 0.25) is 5.02 Å². The van der Waals surface area contributed by atoms with E-state index in [1.165, 1.54) is 11.1 Å². The highest BCUT2D eigenvalue weighted by Crippen LogP contribution is 2.22. The molecule has 5 heteroatoms. The number of benzene rings is 2. The second kappa shape index (κ2) is 9.48. The Hall–Kier alpha value is -1.65. The Morgan fingerprint density at radius 2 is 1.91 bits per heavy atom. The molecule has 2 aromatic carbocycles. The van der Waals surface area contributed by atoms with E-state index in [-0.39, 0.29) is 12.5 Å². The number of carbonyl (C=O) groups excluding carboxylic acids is 1. The zero-order valence-corrected chi connectivity index (χ0v) is 14.6. The van der Waals surface area contributed by atoms with Gasteiger partial charge in [-0.15, -0.1) is 0 Å². The minimum absolute atomic E-state index is 0.0215. The monoisotopic (exact) mass is 349 g/mol. The number of amides is 1. The fraction of sp³-hybridized carbons (Fsp3) is 0.278. The van der Waals surface area contributed by atoms with Crippen molar-refractivity contribution >= 4 is 29.3 Å². The molecule has 0 spiro atoms. The highest BCUT2D eigenvalue weighted by molar-refractivity contribution is 7.98. The summed E-state index contributed by atoms with van der Waals surface area (Å²) >= 11 is 7.76. The van der Waals surface area contributed by atoms with Crippen LogP contribution in [0.15, 0.2) is 48.5 Å². The quantitative estimate of drug-likeness (QED) is 0.730. The fourth-order valence-corrected chi connectivity index (χ4v) is 2.90. The van der Waals surface area contributed by atoms with Gasteiger partial charge < -0.3 is 10.1 Å². The van der Waals surface area contributed by atoms with Crippen LogP contribution in [0.3, 0.4) is 0 Å². The number of ether oxygens (including phenoxy) is 1. The largest absolute Gasteiger partial charge is 0.482 e. The third kappa shape index (κ3) is 6.55. The smallest absolute Gasteiger partial charge is 0.257 e. The average Bonchev–Trinajstić information content (AvgIpc) is 2.55.